The van der Waals surface area contributed by atoms with Crippen molar-refractivity contribution in [3.05, 3.63) is 17.8 Å². The highest BCUT2D eigenvalue weighted by molar-refractivity contribution is 5.51. The molecule has 0 radical (unpaired) electrons. The number of hydrogen-bond acceptors (Lipinski definition) is 3. The molecule has 0 saturated heterocycles. The molecule has 1 aliphatic rings. The Kier molecular flexibility index (Phi) is 3.27. The molecule has 0 aromatic carbocycles. The van der Waals surface area contributed by atoms with Crippen molar-refractivity contribution >= 4 is 11.5 Å². The van der Waals surface area contributed by atoms with E-state index < -0.39 is 0 Å². The molecule has 1 fully saturated rings. The van der Waals surface area contributed by atoms with Crippen molar-refractivity contribution in [2.45, 2.75) is 52.5 Å². The fourth-order valence-corrected chi connectivity index (χ4v) is 2.76. The third-order valence-electron chi connectivity index (χ3n) is 3.65. The highest BCUT2D eigenvalue weighted by Crippen LogP contribution is 2.36. The first-order chi connectivity index (χ1) is 7.96. The number of aromatic nitrogens is 1. The van der Waals surface area contributed by atoms with Crippen LogP contribution in [0.3, 0.4) is 0 Å². The topological polar surface area (TPSA) is 50.9 Å². The predicted molar refractivity (Wildman–Crippen MR) is 73.0 cm³/mol. The van der Waals surface area contributed by atoms with E-state index in [4.69, 9.17) is 5.73 Å². The van der Waals surface area contributed by atoms with Crippen LogP contribution in [0, 0.1) is 12.3 Å². The Morgan fingerprint density at radius 1 is 1.47 bits per heavy atom. The van der Waals surface area contributed by atoms with Crippen LogP contribution in [0.4, 0.5) is 11.5 Å². The molecule has 2 rings (SSSR count). The molecule has 0 aliphatic heterocycles. The molecule has 1 aromatic heterocycles. The standard InChI is InChI=1S/C14H23N3/c1-10-7-11(15)9-16-13(10)17-12-5-4-6-14(2,3)8-12/h7,9,12H,4-6,8,15H2,1-3H3,(H,16,17). The molecule has 0 spiro atoms. The van der Waals surface area contributed by atoms with Gasteiger partial charge in [-0.1, -0.05) is 20.3 Å². The minimum atomic E-state index is 0.456. The van der Waals surface area contributed by atoms with Crippen molar-refractivity contribution in [2.75, 3.05) is 11.1 Å². The van der Waals surface area contributed by atoms with Gasteiger partial charge in [0.15, 0.2) is 0 Å². The van der Waals surface area contributed by atoms with Gasteiger partial charge in [0.1, 0.15) is 5.82 Å². The summed E-state index contributed by atoms with van der Waals surface area (Å²) in [5, 5.41) is 3.57. The number of nitrogens with two attached hydrogens (primary N) is 1. The Morgan fingerprint density at radius 3 is 2.88 bits per heavy atom. The van der Waals surface area contributed by atoms with E-state index in [-0.39, 0.29) is 0 Å². The minimum absolute atomic E-state index is 0.456. The van der Waals surface area contributed by atoms with Crippen LogP contribution in [-0.4, -0.2) is 11.0 Å². The summed E-state index contributed by atoms with van der Waals surface area (Å²) in [4.78, 5) is 4.38. The van der Waals surface area contributed by atoms with E-state index in [0.717, 1.165) is 17.1 Å². The largest absolute Gasteiger partial charge is 0.397 e. The van der Waals surface area contributed by atoms with Crippen molar-refractivity contribution in [1.29, 1.82) is 0 Å². The Hall–Kier alpha value is -1.25. The molecule has 1 saturated carbocycles. The molecular weight excluding hydrogens is 210 g/mol. The first-order valence-electron chi connectivity index (χ1n) is 6.45. The molecular formula is C14H23N3. The maximum absolute atomic E-state index is 5.71. The van der Waals surface area contributed by atoms with Gasteiger partial charge in [-0.2, -0.15) is 0 Å². The third-order valence-corrected chi connectivity index (χ3v) is 3.65. The van der Waals surface area contributed by atoms with Crippen LogP contribution in [0.1, 0.15) is 45.1 Å². The van der Waals surface area contributed by atoms with Gasteiger partial charge in [0, 0.05) is 6.04 Å². The molecule has 1 aliphatic carbocycles. The van der Waals surface area contributed by atoms with E-state index in [1.165, 1.54) is 25.7 Å². The van der Waals surface area contributed by atoms with Crippen LogP contribution in [0.5, 0.6) is 0 Å². The number of hydrogen-bond donors (Lipinski definition) is 2. The third kappa shape index (κ3) is 3.11. The molecule has 0 bridgehead atoms. The van der Waals surface area contributed by atoms with Crippen LogP contribution in [0.2, 0.25) is 0 Å². The normalized spacial score (nSPS) is 23.4. The number of nitrogens with one attached hydrogen (secondary N) is 1. The van der Waals surface area contributed by atoms with Crippen molar-refractivity contribution < 1.29 is 0 Å². The van der Waals surface area contributed by atoms with Gasteiger partial charge in [-0.3, -0.25) is 0 Å². The lowest BCUT2D eigenvalue weighted by molar-refractivity contribution is 0.229. The van der Waals surface area contributed by atoms with Crippen LogP contribution in [0.25, 0.3) is 0 Å². The lowest BCUT2D eigenvalue weighted by atomic mass is 9.75. The van der Waals surface area contributed by atoms with Gasteiger partial charge in [0.2, 0.25) is 0 Å². The summed E-state index contributed by atoms with van der Waals surface area (Å²) >= 11 is 0. The van der Waals surface area contributed by atoms with Gasteiger partial charge in [-0.25, -0.2) is 4.98 Å². The van der Waals surface area contributed by atoms with Gasteiger partial charge in [0.25, 0.3) is 0 Å². The summed E-state index contributed by atoms with van der Waals surface area (Å²) in [5.41, 5.74) is 8.04. The predicted octanol–water partition coefficient (Wildman–Crippen LogP) is 3.35. The maximum atomic E-state index is 5.71. The fraction of sp³-hybridized carbons (Fsp3) is 0.643. The zero-order valence-electron chi connectivity index (χ0n) is 11.1. The molecule has 1 aromatic rings. The lowest BCUT2D eigenvalue weighted by Crippen LogP contribution is -2.32. The fourth-order valence-electron chi connectivity index (χ4n) is 2.76. The van der Waals surface area contributed by atoms with Crippen LogP contribution < -0.4 is 11.1 Å². The molecule has 1 atom stereocenters. The molecule has 1 heterocycles. The maximum Gasteiger partial charge on any atom is 0.129 e. The summed E-state index contributed by atoms with van der Waals surface area (Å²) in [6.45, 7) is 6.76. The smallest absolute Gasteiger partial charge is 0.129 e. The highest BCUT2D eigenvalue weighted by atomic mass is 15.0. The lowest BCUT2D eigenvalue weighted by Gasteiger charge is -2.36. The van der Waals surface area contributed by atoms with Crippen LogP contribution >= 0.6 is 0 Å². The minimum Gasteiger partial charge on any atom is -0.397 e. The summed E-state index contributed by atoms with van der Waals surface area (Å²) in [5.74, 6) is 0.988. The first-order valence-corrected chi connectivity index (χ1v) is 6.45. The Balaban J connectivity index is 2.05. The van der Waals surface area contributed by atoms with E-state index in [1.54, 1.807) is 6.20 Å². The van der Waals surface area contributed by atoms with E-state index in [2.05, 4.69) is 31.1 Å². The van der Waals surface area contributed by atoms with Gasteiger partial charge < -0.3 is 11.1 Å². The molecule has 0 amide bonds. The summed E-state index contributed by atoms with van der Waals surface area (Å²) in [6.07, 6.45) is 6.83. The van der Waals surface area contributed by atoms with Crippen LogP contribution in [0.15, 0.2) is 12.3 Å². The molecule has 3 heteroatoms. The first kappa shape index (κ1) is 12.2. The highest BCUT2D eigenvalue weighted by Gasteiger charge is 2.28. The molecule has 94 valence electrons. The van der Waals surface area contributed by atoms with Crippen molar-refractivity contribution in [2.24, 2.45) is 5.41 Å². The SMILES string of the molecule is Cc1cc(N)cnc1NC1CCCC(C)(C)C1. The Labute approximate surface area is 104 Å². The molecule has 3 nitrogen and oxygen atoms in total. The second-order valence-corrected chi connectivity index (χ2v) is 6.04. The average molecular weight is 233 g/mol. The van der Waals surface area contributed by atoms with Crippen molar-refractivity contribution in [3.8, 4) is 0 Å². The number of pyridine rings is 1. The van der Waals surface area contributed by atoms with Gasteiger partial charge >= 0.3 is 0 Å². The van der Waals surface area contributed by atoms with Crippen molar-refractivity contribution in [3.63, 3.8) is 0 Å². The van der Waals surface area contributed by atoms with Gasteiger partial charge in [-0.15, -0.1) is 0 Å². The monoisotopic (exact) mass is 233 g/mol. The van der Waals surface area contributed by atoms with E-state index in [0.29, 0.717) is 11.5 Å². The number of aryl methyl sites for hydroxylation is 1. The zero-order valence-corrected chi connectivity index (χ0v) is 11.1. The van der Waals surface area contributed by atoms with Gasteiger partial charge in [-0.05, 0) is 43.2 Å². The second-order valence-electron chi connectivity index (χ2n) is 6.04. The summed E-state index contributed by atoms with van der Waals surface area (Å²) in [6, 6.07) is 2.53. The number of nitrogens with zero attached hydrogens (tertiary/aromatic N) is 1. The molecule has 3 N–H and O–H groups in total. The number of nitrogen functional groups attached to an aromatic ring is 1. The number of anilines is 2. The molecule has 1 unspecified atom stereocenters. The second kappa shape index (κ2) is 4.55. The number of rotatable bonds is 2. The van der Waals surface area contributed by atoms with Gasteiger partial charge in [0.05, 0.1) is 11.9 Å². The average Bonchev–Trinajstić information content (AvgIpc) is 2.21. The van der Waals surface area contributed by atoms with Crippen molar-refractivity contribution in [1.82, 2.24) is 4.98 Å². The van der Waals surface area contributed by atoms with E-state index in [9.17, 15) is 0 Å². The zero-order chi connectivity index (χ0) is 12.5. The summed E-state index contributed by atoms with van der Waals surface area (Å²) in [7, 11) is 0. The summed E-state index contributed by atoms with van der Waals surface area (Å²) < 4.78 is 0. The van der Waals surface area contributed by atoms with Crippen LogP contribution in [-0.2, 0) is 0 Å². The van der Waals surface area contributed by atoms with E-state index in [1.807, 2.05) is 6.07 Å². The molecule has 17 heavy (non-hydrogen) atoms. The Bertz CT molecular complexity index is 398. The van der Waals surface area contributed by atoms with E-state index >= 15 is 0 Å². The Morgan fingerprint density at radius 2 is 2.24 bits per heavy atom. The quantitative estimate of drug-likeness (QED) is 0.823.